The summed E-state index contributed by atoms with van der Waals surface area (Å²) in [6.45, 7) is 1.81. The monoisotopic (exact) mass is 277 g/mol. The summed E-state index contributed by atoms with van der Waals surface area (Å²) >= 11 is 0.961. The van der Waals surface area contributed by atoms with Crippen LogP contribution in [0.5, 0.6) is 5.75 Å². The van der Waals surface area contributed by atoms with E-state index in [1.54, 1.807) is 12.1 Å². The van der Waals surface area contributed by atoms with Crippen LogP contribution in [0.4, 0.5) is 5.00 Å². The molecule has 19 heavy (non-hydrogen) atoms. The highest BCUT2D eigenvalue weighted by Crippen LogP contribution is 2.24. The zero-order valence-electron chi connectivity index (χ0n) is 10.0. The van der Waals surface area contributed by atoms with Crippen LogP contribution in [0, 0.1) is 6.92 Å². The van der Waals surface area contributed by atoms with Crippen LogP contribution in [-0.2, 0) is 0 Å². The number of hydrogen-bond donors (Lipinski definition) is 3. The maximum atomic E-state index is 12.0. The van der Waals surface area contributed by atoms with Crippen molar-refractivity contribution >= 4 is 28.2 Å². The molecule has 1 heterocycles. The molecule has 0 aliphatic rings. The molecule has 98 valence electrons. The maximum absolute atomic E-state index is 12.0. The highest BCUT2D eigenvalue weighted by atomic mass is 32.1. The SMILES string of the molecule is Cc1ccc(O)c(C(=O)Nc2ccc(C(=O)O)s2)c1. The van der Waals surface area contributed by atoms with E-state index in [1.807, 2.05) is 6.92 Å². The standard InChI is InChI=1S/C13H11NO4S/c1-7-2-3-9(15)8(6-7)12(16)14-11-5-4-10(19-11)13(17)18/h2-6,15H,1H3,(H,14,16)(H,17,18). The third kappa shape index (κ3) is 2.92. The number of nitrogens with one attached hydrogen (secondary N) is 1. The molecule has 6 heteroatoms. The summed E-state index contributed by atoms with van der Waals surface area (Å²) in [4.78, 5) is 22.8. The van der Waals surface area contributed by atoms with Gasteiger partial charge in [-0.1, -0.05) is 11.6 Å². The molecule has 5 nitrogen and oxygen atoms in total. The van der Waals surface area contributed by atoms with E-state index in [4.69, 9.17) is 5.11 Å². The fraction of sp³-hybridized carbons (Fsp3) is 0.0769. The van der Waals surface area contributed by atoms with Crippen molar-refractivity contribution in [3.05, 3.63) is 46.3 Å². The number of anilines is 1. The van der Waals surface area contributed by atoms with Crippen molar-refractivity contribution in [3.8, 4) is 5.75 Å². The van der Waals surface area contributed by atoms with Crippen LogP contribution in [0.25, 0.3) is 0 Å². The molecule has 0 bridgehead atoms. The van der Waals surface area contributed by atoms with Gasteiger partial charge in [-0.25, -0.2) is 4.79 Å². The minimum absolute atomic E-state index is 0.113. The molecule has 0 atom stereocenters. The number of carbonyl (C=O) groups excluding carboxylic acids is 1. The van der Waals surface area contributed by atoms with Gasteiger partial charge in [0.25, 0.3) is 5.91 Å². The number of hydrogen-bond acceptors (Lipinski definition) is 4. The molecule has 0 radical (unpaired) electrons. The van der Waals surface area contributed by atoms with Crippen LogP contribution in [0.15, 0.2) is 30.3 Å². The molecule has 2 aromatic rings. The zero-order valence-corrected chi connectivity index (χ0v) is 10.8. The van der Waals surface area contributed by atoms with Gasteiger partial charge in [0.2, 0.25) is 0 Å². The van der Waals surface area contributed by atoms with Crippen molar-refractivity contribution < 1.29 is 19.8 Å². The summed E-state index contributed by atoms with van der Waals surface area (Å²) in [7, 11) is 0. The van der Waals surface area contributed by atoms with Crippen LogP contribution >= 0.6 is 11.3 Å². The van der Waals surface area contributed by atoms with Gasteiger partial charge in [-0.2, -0.15) is 0 Å². The van der Waals surface area contributed by atoms with E-state index in [2.05, 4.69) is 5.32 Å². The molecular weight excluding hydrogens is 266 g/mol. The van der Waals surface area contributed by atoms with Gasteiger partial charge in [0.15, 0.2) is 0 Å². The van der Waals surface area contributed by atoms with E-state index in [0.717, 1.165) is 16.9 Å². The average Bonchev–Trinajstić information content (AvgIpc) is 2.80. The second-order valence-electron chi connectivity index (χ2n) is 3.94. The number of phenolic OH excluding ortho intramolecular Hbond substituents is 1. The third-order valence-corrected chi connectivity index (χ3v) is 3.44. The van der Waals surface area contributed by atoms with Crippen molar-refractivity contribution in [2.24, 2.45) is 0 Å². The van der Waals surface area contributed by atoms with Gasteiger partial charge < -0.3 is 15.5 Å². The highest BCUT2D eigenvalue weighted by Gasteiger charge is 2.13. The second kappa shape index (κ2) is 5.11. The largest absolute Gasteiger partial charge is 0.507 e. The lowest BCUT2D eigenvalue weighted by molar-refractivity contribution is 0.0702. The summed E-state index contributed by atoms with van der Waals surface area (Å²) in [5.74, 6) is -1.62. The van der Waals surface area contributed by atoms with Crippen molar-refractivity contribution in [1.82, 2.24) is 0 Å². The first-order chi connectivity index (χ1) is 8.97. The number of carboxylic acid groups (broad SMARTS) is 1. The minimum atomic E-state index is -1.04. The first kappa shape index (κ1) is 13.1. The van der Waals surface area contributed by atoms with Crippen molar-refractivity contribution in [2.45, 2.75) is 6.92 Å². The number of aromatic hydroxyl groups is 1. The Morgan fingerprint density at radius 3 is 2.58 bits per heavy atom. The van der Waals surface area contributed by atoms with Gasteiger partial charge in [-0.3, -0.25) is 4.79 Å². The summed E-state index contributed by atoms with van der Waals surface area (Å²) in [6, 6.07) is 7.63. The van der Waals surface area contributed by atoms with Gasteiger partial charge in [0.1, 0.15) is 10.6 Å². The van der Waals surface area contributed by atoms with Crippen LogP contribution in [0.1, 0.15) is 25.6 Å². The molecule has 1 amide bonds. The molecular formula is C13H11NO4S. The molecule has 1 aromatic carbocycles. The first-order valence-electron chi connectivity index (χ1n) is 5.41. The van der Waals surface area contributed by atoms with Crippen LogP contribution < -0.4 is 5.32 Å². The molecule has 0 saturated heterocycles. The number of amides is 1. The number of benzene rings is 1. The topological polar surface area (TPSA) is 86.6 Å². The lowest BCUT2D eigenvalue weighted by Crippen LogP contribution is -2.11. The fourth-order valence-electron chi connectivity index (χ4n) is 1.53. The van der Waals surface area contributed by atoms with Gasteiger partial charge in [-0.15, -0.1) is 11.3 Å². The average molecular weight is 277 g/mol. The van der Waals surface area contributed by atoms with Crippen molar-refractivity contribution in [2.75, 3.05) is 5.32 Å². The lowest BCUT2D eigenvalue weighted by Gasteiger charge is -2.05. The summed E-state index contributed by atoms with van der Waals surface area (Å²) in [5.41, 5.74) is 1.01. The number of carboxylic acids is 1. The molecule has 0 saturated carbocycles. The summed E-state index contributed by atoms with van der Waals surface area (Å²) < 4.78 is 0. The molecule has 0 fully saturated rings. The normalized spacial score (nSPS) is 10.2. The van der Waals surface area contributed by atoms with Crippen LogP contribution in [0.3, 0.4) is 0 Å². The lowest BCUT2D eigenvalue weighted by atomic mass is 10.1. The molecule has 3 N–H and O–H groups in total. The Morgan fingerprint density at radius 2 is 1.95 bits per heavy atom. The number of aromatic carboxylic acids is 1. The Labute approximate surface area is 113 Å². The smallest absolute Gasteiger partial charge is 0.345 e. The Balaban J connectivity index is 2.20. The van der Waals surface area contributed by atoms with E-state index >= 15 is 0 Å². The predicted octanol–water partition coefficient (Wildman–Crippen LogP) is 2.71. The fourth-order valence-corrected chi connectivity index (χ4v) is 2.27. The number of carbonyl (C=O) groups is 2. The Kier molecular flexibility index (Phi) is 3.52. The number of phenols is 1. The quantitative estimate of drug-likeness (QED) is 0.805. The predicted molar refractivity (Wildman–Crippen MR) is 72.1 cm³/mol. The van der Waals surface area contributed by atoms with Crippen molar-refractivity contribution in [3.63, 3.8) is 0 Å². The van der Waals surface area contributed by atoms with Gasteiger partial charge in [0, 0.05) is 0 Å². The number of aryl methyl sites for hydroxylation is 1. The molecule has 1 aromatic heterocycles. The van der Waals surface area contributed by atoms with Crippen LogP contribution in [0.2, 0.25) is 0 Å². The Hall–Kier alpha value is -2.34. The van der Waals surface area contributed by atoms with E-state index in [-0.39, 0.29) is 16.2 Å². The number of thiophene rings is 1. The van der Waals surface area contributed by atoms with Gasteiger partial charge >= 0.3 is 5.97 Å². The molecule has 0 unspecified atom stereocenters. The summed E-state index contributed by atoms with van der Waals surface area (Å²) in [6.07, 6.45) is 0. The zero-order chi connectivity index (χ0) is 14.0. The minimum Gasteiger partial charge on any atom is -0.507 e. The van der Waals surface area contributed by atoms with E-state index < -0.39 is 11.9 Å². The molecule has 0 spiro atoms. The maximum Gasteiger partial charge on any atom is 0.345 e. The second-order valence-corrected chi connectivity index (χ2v) is 5.03. The van der Waals surface area contributed by atoms with E-state index in [0.29, 0.717) is 5.00 Å². The van der Waals surface area contributed by atoms with E-state index in [9.17, 15) is 14.7 Å². The molecule has 2 rings (SSSR count). The third-order valence-electron chi connectivity index (χ3n) is 2.45. The van der Waals surface area contributed by atoms with Gasteiger partial charge in [-0.05, 0) is 31.2 Å². The van der Waals surface area contributed by atoms with Crippen LogP contribution in [-0.4, -0.2) is 22.1 Å². The summed E-state index contributed by atoms with van der Waals surface area (Å²) in [5, 5.41) is 21.4. The molecule has 0 aliphatic heterocycles. The number of rotatable bonds is 3. The van der Waals surface area contributed by atoms with E-state index in [1.165, 1.54) is 18.2 Å². The Morgan fingerprint density at radius 1 is 1.21 bits per heavy atom. The molecule has 0 aliphatic carbocycles. The first-order valence-corrected chi connectivity index (χ1v) is 6.23. The van der Waals surface area contributed by atoms with Gasteiger partial charge in [0.05, 0.1) is 10.6 Å². The van der Waals surface area contributed by atoms with Crippen molar-refractivity contribution in [1.29, 1.82) is 0 Å². The Bertz CT molecular complexity index is 648. The highest BCUT2D eigenvalue weighted by molar-refractivity contribution is 7.18.